The molecular formula is C6H4BrClN4. The number of hydrogen-bond donors (Lipinski definition) is 2. The molecule has 6 heteroatoms. The molecule has 2 rings (SSSR count). The van der Waals surface area contributed by atoms with Crippen LogP contribution in [0.4, 0.5) is 5.95 Å². The number of halogens is 2. The van der Waals surface area contributed by atoms with Crippen molar-refractivity contribution >= 4 is 44.5 Å². The molecular weight excluding hydrogens is 243 g/mol. The topological polar surface area (TPSA) is 67.6 Å². The van der Waals surface area contributed by atoms with Gasteiger partial charge < -0.3 is 10.7 Å². The molecule has 0 atom stereocenters. The predicted octanol–water partition coefficient (Wildman–Crippen LogP) is 1.96. The maximum atomic E-state index is 5.83. The minimum atomic E-state index is 0.168. The van der Waals surface area contributed by atoms with Crippen molar-refractivity contribution in [1.29, 1.82) is 0 Å². The molecule has 62 valence electrons. The fraction of sp³-hybridized carbons (Fsp3) is 0. The van der Waals surface area contributed by atoms with E-state index < -0.39 is 0 Å². The predicted molar refractivity (Wildman–Crippen MR) is 51.0 cm³/mol. The first-order chi connectivity index (χ1) is 5.68. The second-order valence-electron chi connectivity index (χ2n) is 2.23. The lowest BCUT2D eigenvalue weighted by molar-refractivity contribution is 1.22. The van der Waals surface area contributed by atoms with Gasteiger partial charge in [0.15, 0.2) is 0 Å². The van der Waals surface area contributed by atoms with E-state index in [1.165, 1.54) is 0 Å². The van der Waals surface area contributed by atoms with E-state index in [0.29, 0.717) is 10.8 Å². The molecule has 0 saturated heterocycles. The molecule has 0 bridgehead atoms. The number of H-pyrrole nitrogens is 1. The standard InChI is InChI=1S/C6H4BrClN4/c7-2-1-10-5-3(2)4(8)11-6(9)12-5/h1H,(H3,9,10,11,12). The summed E-state index contributed by atoms with van der Waals surface area (Å²) < 4.78 is 0.836. The number of nitrogens with zero attached hydrogens (tertiary/aromatic N) is 2. The molecule has 2 heterocycles. The molecule has 0 amide bonds. The van der Waals surface area contributed by atoms with Crippen molar-refractivity contribution < 1.29 is 0 Å². The molecule has 0 spiro atoms. The van der Waals surface area contributed by atoms with Crippen molar-refractivity contribution in [3.05, 3.63) is 15.8 Å². The highest BCUT2D eigenvalue weighted by molar-refractivity contribution is 9.10. The van der Waals surface area contributed by atoms with Gasteiger partial charge in [-0.05, 0) is 15.9 Å². The van der Waals surface area contributed by atoms with Crippen LogP contribution in [-0.4, -0.2) is 15.0 Å². The Morgan fingerprint density at radius 2 is 2.25 bits per heavy atom. The van der Waals surface area contributed by atoms with E-state index in [2.05, 4.69) is 30.9 Å². The van der Waals surface area contributed by atoms with Gasteiger partial charge >= 0.3 is 0 Å². The lowest BCUT2D eigenvalue weighted by Gasteiger charge is -1.94. The molecule has 4 nitrogen and oxygen atoms in total. The van der Waals surface area contributed by atoms with Crippen LogP contribution in [0.15, 0.2) is 10.7 Å². The van der Waals surface area contributed by atoms with Crippen LogP contribution in [0.5, 0.6) is 0 Å². The van der Waals surface area contributed by atoms with E-state index in [4.69, 9.17) is 17.3 Å². The largest absolute Gasteiger partial charge is 0.368 e. The number of anilines is 1. The van der Waals surface area contributed by atoms with Gasteiger partial charge in [-0.2, -0.15) is 4.98 Å². The SMILES string of the molecule is Nc1nc(Cl)c2c(Br)c[nH]c2n1. The van der Waals surface area contributed by atoms with Gasteiger partial charge in [-0.3, -0.25) is 0 Å². The van der Waals surface area contributed by atoms with Crippen molar-refractivity contribution in [1.82, 2.24) is 15.0 Å². The Kier molecular flexibility index (Phi) is 1.69. The number of aromatic amines is 1. The Bertz CT molecular complexity index is 438. The summed E-state index contributed by atoms with van der Waals surface area (Å²) in [6.07, 6.45) is 1.74. The van der Waals surface area contributed by atoms with E-state index in [1.54, 1.807) is 6.20 Å². The summed E-state index contributed by atoms with van der Waals surface area (Å²) >= 11 is 9.13. The second kappa shape index (κ2) is 2.60. The van der Waals surface area contributed by atoms with Crippen LogP contribution in [0.3, 0.4) is 0 Å². The monoisotopic (exact) mass is 246 g/mol. The summed E-state index contributed by atoms with van der Waals surface area (Å²) in [5.41, 5.74) is 6.03. The first-order valence-corrected chi connectivity index (χ1v) is 4.31. The molecule has 2 aromatic heterocycles. The molecule has 0 unspecified atom stereocenters. The number of nitrogen functional groups attached to an aromatic ring is 1. The summed E-state index contributed by atoms with van der Waals surface area (Å²) in [4.78, 5) is 10.7. The smallest absolute Gasteiger partial charge is 0.223 e. The third-order valence-corrected chi connectivity index (χ3v) is 2.36. The molecule has 0 radical (unpaired) electrons. The first-order valence-electron chi connectivity index (χ1n) is 3.14. The minimum Gasteiger partial charge on any atom is -0.368 e. The highest BCUT2D eigenvalue weighted by Gasteiger charge is 2.08. The number of rotatable bonds is 0. The summed E-state index contributed by atoms with van der Waals surface area (Å²) in [5.74, 6) is 0.168. The fourth-order valence-electron chi connectivity index (χ4n) is 0.970. The molecule has 3 N–H and O–H groups in total. The van der Waals surface area contributed by atoms with Gasteiger partial charge in [0.2, 0.25) is 5.95 Å². The van der Waals surface area contributed by atoms with E-state index in [0.717, 1.165) is 9.86 Å². The molecule has 0 aliphatic carbocycles. The normalized spacial score (nSPS) is 10.8. The zero-order valence-electron chi connectivity index (χ0n) is 5.81. The van der Waals surface area contributed by atoms with Crippen LogP contribution in [0.25, 0.3) is 11.0 Å². The van der Waals surface area contributed by atoms with Gasteiger partial charge in [-0.25, -0.2) is 4.98 Å². The van der Waals surface area contributed by atoms with Crippen LogP contribution in [0.2, 0.25) is 5.15 Å². The molecule has 0 fully saturated rings. The van der Waals surface area contributed by atoms with Gasteiger partial charge in [0, 0.05) is 10.7 Å². The molecule has 0 aliphatic rings. The van der Waals surface area contributed by atoms with Gasteiger partial charge in [0.1, 0.15) is 10.8 Å². The van der Waals surface area contributed by atoms with Crippen LogP contribution in [-0.2, 0) is 0 Å². The highest BCUT2D eigenvalue weighted by Crippen LogP contribution is 2.28. The maximum Gasteiger partial charge on any atom is 0.223 e. The number of nitrogens with one attached hydrogen (secondary N) is 1. The number of nitrogens with two attached hydrogens (primary N) is 1. The molecule has 0 aromatic carbocycles. The van der Waals surface area contributed by atoms with Crippen molar-refractivity contribution in [3.63, 3.8) is 0 Å². The third-order valence-electron chi connectivity index (χ3n) is 1.46. The summed E-state index contributed by atoms with van der Waals surface area (Å²) in [5, 5.41) is 1.11. The van der Waals surface area contributed by atoms with Crippen molar-refractivity contribution in [3.8, 4) is 0 Å². The van der Waals surface area contributed by atoms with Crippen molar-refractivity contribution in [2.24, 2.45) is 0 Å². The molecule has 0 aliphatic heterocycles. The Morgan fingerprint density at radius 3 is 3.00 bits per heavy atom. The third kappa shape index (κ3) is 1.05. The average molecular weight is 247 g/mol. The number of hydrogen-bond acceptors (Lipinski definition) is 3. The number of fused-ring (bicyclic) bond motifs is 1. The van der Waals surface area contributed by atoms with Crippen LogP contribution in [0.1, 0.15) is 0 Å². The van der Waals surface area contributed by atoms with Crippen LogP contribution in [0, 0.1) is 0 Å². The van der Waals surface area contributed by atoms with Gasteiger partial charge in [-0.1, -0.05) is 11.6 Å². The Balaban J connectivity index is 2.93. The Morgan fingerprint density at radius 1 is 1.50 bits per heavy atom. The summed E-state index contributed by atoms with van der Waals surface area (Å²) in [6, 6.07) is 0. The zero-order chi connectivity index (χ0) is 8.72. The average Bonchev–Trinajstić information content (AvgIpc) is 2.31. The quantitative estimate of drug-likeness (QED) is 0.699. The maximum absolute atomic E-state index is 5.83. The fourth-order valence-corrected chi connectivity index (χ4v) is 1.85. The molecule has 12 heavy (non-hydrogen) atoms. The van der Waals surface area contributed by atoms with Crippen molar-refractivity contribution in [2.45, 2.75) is 0 Å². The van der Waals surface area contributed by atoms with Crippen molar-refractivity contribution in [2.75, 3.05) is 5.73 Å². The Hall–Kier alpha value is -0.810. The van der Waals surface area contributed by atoms with Crippen LogP contribution < -0.4 is 5.73 Å². The van der Waals surface area contributed by atoms with Gasteiger partial charge in [0.25, 0.3) is 0 Å². The van der Waals surface area contributed by atoms with E-state index in [9.17, 15) is 0 Å². The molecule has 2 aromatic rings. The van der Waals surface area contributed by atoms with Gasteiger partial charge in [0.05, 0.1) is 5.39 Å². The van der Waals surface area contributed by atoms with E-state index in [1.807, 2.05) is 0 Å². The minimum absolute atomic E-state index is 0.168. The zero-order valence-corrected chi connectivity index (χ0v) is 8.15. The lowest BCUT2D eigenvalue weighted by Crippen LogP contribution is -1.94. The van der Waals surface area contributed by atoms with Gasteiger partial charge in [-0.15, -0.1) is 0 Å². The van der Waals surface area contributed by atoms with E-state index >= 15 is 0 Å². The second-order valence-corrected chi connectivity index (χ2v) is 3.45. The van der Waals surface area contributed by atoms with E-state index in [-0.39, 0.29) is 5.95 Å². The summed E-state index contributed by atoms with van der Waals surface area (Å²) in [7, 11) is 0. The number of aromatic nitrogens is 3. The molecule has 0 saturated carbocycles. The Labute approximate surface area is 81.3 Å². The van der Waals surface area contributed by atoms with Crippen LogP contribution >= 0.6 is 27.5 Å². The summed E-state index contributed by atoms with van der Waals surface area (Å²) in [6.45, 7) is 0. The lowest BCUT2D eigenvalue weighted by atomic mass is 10.4. The highest BCUT2D eigenvalue weighted by atomic mass is 79.9. The first kappa shape index (κ1) is 7.82.